The molecule has 1 atom stereocenters. The first kappa shape index (κ1) is 19.7. The Balaban J connectivity index is 1.70. The van der Waals surface area contributed by atoms with E-state index in [0.717, 1.165) is 31.5 Å². The zero-order chi connectivity index (χ0) is 19.9. The number of hydrogen-bond acceptors (Lipinski definition) is 4. The molecule has 1 fully saturated rings. The zero-order valence-electron chi connectivity index (χ0n) is 16.2. The van der Waals surface area contributed by atoms with Crippen molar-refractivity contribution < 1.29 is 14.3 Å². The van der Waals surface area contributed by atoms with E-state index in [-0.39, 0.29) is 24.5 Å². The minimum atomic E-state index is -0.230. The maximum atomic E-state index is 12.6. The van der Waals surface area contributed by atoms with Gasteiger partial charge in [0.1, 0.15) is 5.75 Å². The van der Waals surface area contributed by atoms with Gasteiger partial charge in [-0.25, -0.2) is 0 Å². The fourth-order valence-electron chi connectivity index (χ4n) is 3.42. The van der Waals surface area contributed by atoms with Crippen molar-refractivity contribution in [1.82, 2.24) is 10.2 Å². The number of nitrogens with one attached hydrogen (secondary N) is 1. The zero-order valence-corrected chi connectivity index (χ0v) is 16.2. The average Bonchev–Trinajstić information content (AvgIpc) is 3.25. The van der Waals surface area contributed by atoms with Gasteiger partial charge in [-0.3, -0.25) is 9.59 Å². The summed E-state index contributed by atoms with van der Waals surface area (Å²) >= 11 is 0. The first-order chi connectivity index (χ1) is 13.6. The van der Waals surface area contributed by atoms with Crippen molar-refractivity contribution in [2.75, 3.05) is 25.4 Å². The fourth-order valence-corrected chi connectivity index (χ4v) is 3.42. The standard InChI is InChI=1S/C22H27N3O3/c1-2-19(24-22(27)16-8-7-9-17(23)14-16)18-10-3-4-11-20(18)28-15-21(26)25-12-5-6-13-25/h3-4,7-11,14,19H,2,5-6,12-13,15,23H2,1H3,(H,24,27). The largest absolute Gasteiger partial charge is 0.483 e. The summed E-state index contributed by atoms with van der Waals surface area (Å²) in [7, 11) is 0. The second-order valence-electron chi connectivity index (χ2n) is 6.97. The highest BCUT2D eigenvalue weighted by atomic mass is 16.5. The number of rotatable bonds is 7. The molecule has 28 heavy (non-hydrogen) atoms. The molecule has 0 saturated carbocycles. The average molecular weight is 381 g/mol. The van der Waals surface area contributed by atoms with Gasteiger partial charge in [-0.15, -0.1) is 0 Å². The molecule has 0 aliphatic carbocycles. The molecule has 1 unspecified atom stereocenters. The number of para-hydroxylation sites is 1. The Bertz CT molecular complexity index is 831. The first-order valence-electron chi connectivity index (χ1n) is 9.74. The van der Waals surface area contributed by atoms with Crippen LogP contribution in [0.1, 0.15) is 48.1 Å². The van der Waals surface area contributed by atoms with Crippen molar-refractivity contribution in [3.05, 3.63) is 59.7 Å². The summed E-state index contributed by atoms with van der Waals surface area (Å²) in [5.74, 6) is 0.431. The molecule has 1 aliphatic heterocycles. The number of likely N-dealkylation sites (tertiary alicyclic amines) is 1. The van der Waals surface area contributed by atoms with E-state index in [4.69, 9.17) is 10.5 Å². The monoisotopic (exact) mass is 381 g/mol. The van der Waals surface area contributed by atoms with Crippen molar-refractivity contribution in [3.8, 4) is 5.75 Å². The third kappa shape index (κ3) is 4.82. The van der Waals surface area contributed by atoms with Crippen LogP contribution in [0, 0.1) is 0 Å². The number of carbonyl (C=O) groups is 2. The van der Waals surface area contributed by atoms with Gasteiger partial charge in [0.05, 0.1) is 6.04 Å². The summed E-state index contributed by atoms with van der Waals surface area (Å²) in [6, 6.07) is 14.2. The highest BCUT2D eigenvalue weighted by Gasteiger charge is 2.21. The number of anilines is 1. The molecule has 0 radical (unpaired) electrons. The second-order valence-corrected chi connectivity index (χ2v) is 6.97. The molecule has 2 aromatic carbocycles. The van der Waals surface area contributed by atoms with Crippen LogP contribution in [0.25, 0.3) is 0 Å². The minimum Gasteiger partial charge on any atom is -0.483 e. The fraction of sp³-hybridized carbons (Fsp3) is 0.364. The van der Waals surface area contributed by atoms with E-state index < -0.39 is 0 Å². The molecule has 2 amide bonds. The molecule has 1 saturated heterocycles. The Morgan fingerprint density at radius 2 is 1.89 bits per heavy atom. The van der Waals surface area contributed by atoms with Crippen molar-refractivity contribution in [2.24, 2.45) is 0 Å². The molecule has 148 valence electrons. The molecule has 1 heterocycles. The predicted octanol–water partition coefficient (Wildman–Crippen LogP) is 3.15. The van der Waals surface area contributed by atoms with Crippen LogP contribution in [-0.4, -0.2) is 36.4 Å². The number of nitrogen functional groups attached to an aromatic ring is 1. The lowest BCUT2D eigenvalue weighted by atomic mass is 10.0. The number of ether oxygens (including phenoxy) is 1. The maximum Gasteiger partial charge on any atom is 0.260 e. The third-order valence-electron chi connectivity index (χ3n) is 4.97. The molecule has 0 aromatic heterocycles. The number of benzene rings is 2. The molecular formula is C22H27N3O3. The Morgan fingerprint density at radius 3 is 2.61 bits per heavy atom. The van der Waals surface area contributed by atoms with Gasteiger partial charge in [-0.1, -0.05) is 31.2 Å². The number of nitrogens with zero attached hydrogens (tertiary/aromatic N) is 1. The second kappa shape index (κ2) is 9.26. The molecule has 3 N–H and O–H groups in total. The van der Waals surface area contributed by atoms with Crippen LogP contribution in [0.15, 0.2) is 48.5 Å². The summed E-state index contributed by atoms with van der Waals surface area (Å²) < 4.78 is 5.84. The van der Waals surface area contributed by atoms with Crippen LogP contribution in [0.3, 0.4) is 0 Å². The van der Waals surface area contributed by atoms with Gasteiger partial charge >= 0.3 is 0 Å². The van der Waals surface area contributed by atoms with E-state index in [1.54, 1.807) is 24.3 Å². The van der Waals surface area contributed by atoms with Gasteiger partial charge in [0.25, 0.3) is 11.8 Å². The van der Waals surface area contributed by atoms with Crippen LogP contribution in [0.5, 0.6) is 5.75 Å². The van der Waals surface area contributed by atoms with E-state index in [9.17, 15) is 9.59 Å². The molecule has 3 rings (SSSR count). The van der Waals surface area contributed by atoms with E-state index in [2.05, 4.69) is 5.32 Å². The van der Waals surface area contributed by atoms with Crippen molar-refractivity contribution >= 4 is 17.5 Å². The van der Waals surface area contributed by atoms with Crippen LogP contribution in [-0.2, 0) is 4.79 Å². The summed E-state index contributed by atoms with van der Waals surface area (Å²) in [6.07, 6.45) is 2.79. The van der Waals surface area contributed by atoms with Crippen molar-refractivity contribution in [3.63, 3.8) is 0 Å². The van der Waals surface area contributed by atoms with Crippen LogP contribution < -0.4 is 15.8 Å². The van der Waals surface area contributed by atoms with E-state index in [0.29, 0.717) is 23.4 Å². The normalized spacial score (nSPS) is 14.5. The summed E-state index contributed by atoms with van der Waals surface area (Å²) in [6.45, 7) is 3.61. The Labute approximate surface area is 165 Å². The van der Waals surface area contributed by atoms with Crippen LogP contribution >= 0.6 is 0 Å². The van der Waals surface area contributed by atoms with Crippen molar-refractivity contribution in [1.29, 1.82) is 0 Å². The Kier molecular flexibility index (Phi) is 6.53. The van der Waals surface area contributed by atoms with Gasteiger partial charge in [0.2, 0.25) is 0 Å². The van der Waals surface area contributed by atoms with Gasteiger partial charge in [0, 0.05) is 29.9 Å². The summed E-state index contributed by atoms with van der Waals surface area (Å²) in [5.41, 5.74) is 7.70. The summed E-state index contributed by atoms with van der Waals surface area (Å²) in [5, 5.41) is 3.04. The lowest BCUT2D eigenvalue weighted by Gasteiger charge is -2.22. The predicted molar refractivity (Wildman–Crippen MR) is 109 cm³/mol. The van der Waals surface area contributed by atoms with Crippen LogP contribution in [0.4, 0.5) is 5.69 Å². The Morgan fingerprint density at radius 1 is 1.14 bits per heavy atom. The van der Waals surface area contributed by atoms with Crippen molar-refractivity contribution in [2.45, 2.75) is 32.2 Å². The number of amides is 2. The first-order valence-corrected chi connectivity index (χ1v) is 9.74. The third-order valence-corrected chi connectivity index (χ3v) is 4.97. The highest BCUT2D eigenvalue weighted by molar-refractivity contribution is 5.95. The molecular weight excluding hydrogens is 354 g/mol. The Hall–Kier alpha value is -3.02. The highest BCUT2D eigenvalue weighted by Crippen LogP contribution is 2.28. The topological polar surface area (TPSA) is 84.7 Å². The van der Waals surface area contributed by atoms with E-state index in [1.807, 2.05) is 36.1 Å². The number of hydrogen-bond donors (Lipinski definition) is 2. The van der Waals surface area contributed by atoms with Gasteiger partial charge in [0.15, 0.2) is 6.61 Å². The molecule has 6 heteroatoms. The lowest BCUT2D eigenvalue weighted by Crippen LogP contribution is -2.32. The minimum absolute atomic E-state index is 0.00384. The SMILES string of the molecule is CCC(NC(=O)c1cccc(N)c1)c1ccccc1OCC(=O)N1CCCC1. The van der Waals surface area contributed by atoms with Gasteiger partial charge < -0.3 is 20.7 Å². The smallest absolute Gasteiger partial charge is 0.260 e. The maximum absolute atomic E-state index is 12.6. The molecule has 1 aliphatic rings. The van der Waals surface area contributed by atoms with E-state index >= 15 is 0 Å². The lowest BCUT2D eigenvalue weighted by molar-refractivity contribution is -0.132. The van der Waals surface area contributed by atoms with Crippen LogP contribution in [0.2, 0.25) is 0 Å². The molecule has 2 aromatic rings. The van der Waals surface area contributed by atoms with Gasteiger partial charge in [-0.05, 0) is 43.5 Å². The number of nitrogens with two attached hydrogens (primary N) is 1. The molecule has 0 bridgehead atoms. The van der Waals surface area contributed by atoms with E-state index in [1.165, 1.54) is 0 Å². The van der Waals surface area contributed by atoms with Gasteiger partial charge in [-0.2, -0.15) is 0 Å². The number of carbonyl (C=O) groups excluding carboxylic acids is 2. The molecule has 0 spiro atoms. The molecule has 6 nitrogen and oxygen atoms in total. The quantitative estimate of drug-likeness (QED) is 0.722. The summed E-state index contributed by atoms with van der Waals surface area (Å²) in [4.78, 5) is 26.7.